The van der Waals surface area contributed by atoms with E-state index in [4.69, 9.17) is 0 Å². The van der Waals surface area contributed by atoms with Gasteiger partial charge in [0.25, 0.3) is 0 Å². The zero-order chi connectivity index (χ0) is 11.1. The van der Waals surface area contributed by atoms with Gasteiger partial charge in [0.1, 0.15) is 0 Å². The lowest BCUT2D eigenvalue weighted by molar-refractivity contribution is 0.144. The van der Waals surface area contributed by atoms with Gasteiger partial charge in [-0.25, -0.2) is 0 Å². The Kier molecular flexibility index (Phi) is 5.91. The fourth-order valence-electron chi connectivity index (χ4n) is 1.63. The molecule has 0 radical (unpaired) electrons. The molecule has 0 amide bonds. The van der Waals surface area contributed by atoms with E-state index in [1.54, 1.807) is 11.3 Å². The minimum Gasteiger partial charge on any atom is -0.393 e. The largest absolute Gasteiger partial charge is 0.393 e. The van der Waals surface area contributed by atoms with Gasteiger partial charge >= 0.3 is 0 Å². The van der Waals surface area contributed by atoms with Gasteiger partial charge in [-0.05, 0) is 31.0 Å². The molecule has 1 N–H and O–H groups in total. The van der Waals surface area contributed by atoms with Crippen LogP contribution in [0.1, 0.15) is 25.1 Å². The van der Waals surface area contributed by atoms with Crippen LogP contribution in [0.4, 0.5) is 0 Å². The summed E-state index contributed by atoms with van der Waals surface area (Å²) >= 11 is 1.72. The highest BCUT2D eigenvalue weighted by Crippen LogP contribution is 2.12. The predicted octanol–water partition coefficient (Wildman–Crippen LogP) is 2.38. The summed E-state index contributed by atoms with van der Waals surface area (Å²) in [5, 5.41) is 11.9. The monoisotopic (exact) mass is 227 g/mol. The van der Waals surface area contributed by atoms with E-state index in [1.165, 1.54) is 4.88 Å². The van der Waals surface area contributed by atoms with Crippen LogP contribution in [0, 0.1) is 0 Å². The first-order valence-electron chi connectivity index (χ1n) is 5.69. The van der Waals surface area contributed by atoms with Crippen molar-refractivity contribution in [2.45, 2.75) is 32.8 Å². The third-order valence-electron chi connectivity index (χ3n) is 2.69. The number of thiophene rings is 1. The maximum absolute atomic E-state index is 9.84. The molecule has 1 rings (SSSR count). The van der Waals surface area contributed by atoms with E-state index >= 15 is 0 Å². The third-order valence-corrected chi connectivity index (χ3v) is 3.59. The average molecular weight is 227 g/mol. The summed E-state index contributed by atoms with van der Waals surface area (Å²) in [7, 11) is 0. The van der Waals surface area contributed by atoms with Crippen molar-refractivity contribution in [3.63, 3.8) is 0 Å². The molecule has 1 atom stereocenters. The second-order valence-corrected chi connectivity index (χ2v) is 4.79. The minimum atomic E-state index is -0.191. The van der Waals surface area contributed by atoms with Crippen molar-refractivity contribution >= 4 is 11.3 Å². The highest BCUT2D eigenvalue weighted by molar-refractivity contribution is 7.09. The van der Waals surface area contributed by atoms with Crippen molar-refractivity contribution in [1.82, 2.24) is 4.90 Å². The van der Waals surface area contributed by atoms with E-state index in [0.717, 1.165) is 32.5 Å². The lowest BCUT2D eigenvalue weighted by Crippen LogP contribution is -2.27. The van der Waals surface area contributed by atoms with Gasteiger partial charge in [0, 0.05) is 17.8 Å². The average Bonchev–Trinajstić information content (AvgIpc) is 2.72. The molecule has 0 fully saturated rings. The summed E-state index contributed by atoms with van der Waals surface area (Å²) in [6.45, 7) is 7.47. The first-order chi connectivity index (χ1) is 7.26. The summed E-state index contributed by atoms with van der Waals surface area (Å²) in [5.41, 5.74) is 0. The van der Waals surface area contributed by atoms with Crippen molar-refractivity contribution in [1.29, 1.82) is 0 Å². The van der Waals surface area contributed by atoms with E-state index in [9.17, 15) is 5.11 Å². The lowest BCUT2D eigenvalue weighted by atomic mass is 10.1. The van der Waals surface area contributed by atoms with Crippen molar-refractivity contribution < 1.29 is 5.11 Å². The smallest absolute Gasteiger partial charge is 0.0600 e. The quantitative estimate of drug-likeness (QED) is 0.773. The molecule has 0 aromatic carbocycles. The summed E-state index contributed by atoms with van der Waals surface area (Å²) < 4.78 is 0. The Morgan fingerprint density at radius 2 is 2.13 bits per heavy atom. The zero-order valence-corrected chi connectivity index (χ0v) is 10.5. The Hall–Kier alpha value is -0.380. The van der Waals surface area contributed by atoms with Gasteiger partial charge in [-0.1, -0.05) is 19.9 Å². The van der Waals surface area contributed by atoms with Crippen LogP contribution < -0.4 is 0 Å². The fourth-order valence-corrected chi connectivity index (χ4v) is 2.41. The zero-order valence-electron chi connectivity index (χ0n) is 9.65. The molecule has 0 bridgehead atoms. The number of hydrogen-bond acceptors (Lipinski definition) is 3. The van der Waals surface area contributed by atoms with Crippen molar-refractivity contribution in [3.05, 3.63) is 22.4 Å². The van der Waals surface area contributed by atoms with Crippen LogP contribution in [0.25, 0.3) is 0 Å². The lowest BCUT2D eigenvalue weighted by Gasteiger charge is -2.19. The number of aliphatic hydroxyl groups excluding tert-OH is 1. The molecule has 0 aliphatic carbocycles. The molecule has 86 valence electrons. The van der Waals surface area contributed by atoms with Crippen LogP contribution in [0.15, 0.2) is 17.5 Å². The van der Waals surface area contributed by atoms with E-state index in [1.807, 2.05) is 6.07 Å². The van der Waals surface area contributed by atoms with Crippen molar-refractivity contribution in [3.8, 4) is 0 Å². The Morgan fingerprint density at radius 3 is 2.67 bits per heavy atom. The standard InChI is InChI=1S/C12H21NOS/c1-3-13(4-2)8-7-11(14)10-12-6-5-9-15-12/h5-6,9,11,14H,3-4,7-8,10H2,1-2H3. The third kappa shape index (κ3) is 4.78. The predicted molar refractivity (Wildman–Crippen MR) is 66.4 cm³/mol. The normalized spacial score (nSPS) is 13.3. The van der Waals surface area contributed by atoms with Crippen LogP contribution in [0.5, 0.6) is 0 Å². The molecular formula is C12H21NOS. The Bertz CT molecular complexity index is 244. The summed E-state index contributed by atoms with van der Waals surface area (Å²) in [4.78, 5) is 3.62. The molecule has 1 unspecified atom stereocenters. The molecule has 0 aliphatic rings. The molecule has 0 aliphatic heterocycles. The maximum atomic E-state index is 9.84. The van der Waals surface area contributed by atoms with Crippen molar-refractivity contribution in [2.24, 2.45) is 0 Å². The van der Waals surface area contributed by atoms with Crippen LogP contribution in [-0.4, -0.2) is 35.7 Å². The van der Waals surface area contributed by atoms with Crippen LogP contribution in [0.3, 0.4) is 0 Å². The summed E-state index contributed by atoms with van der Waals surface area (Å²) in [5.74, 6) is 0. The van der Waals surface area contributed by atoms with E-state index in [0.29, 0.717) is 0 Å². The highest BCUT2D eigenvalue weighted by Gasteiger charge is 2.08. The summed E-state index contributed by atoms with van der Waals surface area (Å²) in [6.07, 6.45) is 1.49. The molecule has 2 nitrogen and oxygen atoms in total. The van der Waals surface area contributed by atoms with Gasteiger partial charge in [-0.2, -0.15) is 0 Å². The molecule has 1 aromatic heterocycles. The number of hydrogen-bond donors (Lipinski definition) is 1. The second kappa shape index (κ2) is 6.99. The minimum absolute atomic E-state index is 0.191. The van der Waals surface area contributed by atoms with Gasteiger partial charge in [-0.15, -0.1) is 11.3 Å². The van der Waals surface area contributed by atoms with Gasteiger partial charge in [0.2, 0.25) is 0 Å². The topological polar surface area (TPSA) is 23.5 Å². The van der Waals surface area contributed by atoms with Gasteiger partial charge in [0.15, 0.2) is 0 Å². The fraction of sp³-hybridized carbons (Fsp3) is 0.667. The maximum Gasteiger partial charge on any atom is 0.0600 e. The molecule has 1 aromatic rings. The molecule has 1 heterocycles. The molecular weight excluding hydrogens is 206 g/mol. The van der Waals surface area contributed by atoms with E-state index < -0.39 is 0 Å². The molecule has 15 heavy (non-hydrogen) atoms. The first kappa shape index (κ1) is 12.7. The Labute approximate surface area is 96.5 Å². The number of rotatable bonds is 7. The van der Waals surface area contributed by atoms with Gasteiger partial charge in [0.05, 0.1) is 6.10 Å². The molecule has 3 heteroatoms. The molecule has 0 saturated carbocycles. The van der Waals surface area contributed by atoms with E-state index in [-0.39, 0.29) is 6.10 Å². The van der Waals surface area contributed by atoms with Crippen LogP contribution in [0.2, 0.25) is 0 Å². The van der Waals surface area contributed by atoms with Gasteiger partial charge < -0.3 is 10.0 Å². The summed E-state index contributed by atoms with van der Waals surface area (Å²) in [6, 6.07) is 4.13. The van der Waals surface area contributed by atoms with Gasteiger partial charge in [-0.3, -0.25) is 0 Å². The molecule has 0 saturated heterocycles. The van der Waals surface area contributed by atoms with E-state index in [2.05, 4.69) is 30.2 Å². The number of aliphatic hydroxyl groups is 1. The molecule has 0 spiro atoms. The van der Waals surface area contributed by atoms with Crippen LogP contribution >= 0.6 is 11.3 Å². The second-order valence-electron chi connectivity index (χ2n) is 3.75. The number of nitrogens with zero attached hydrogens (tertiary/aromatic N) is 1. The van der Waals surface area contributed by atoms with Crippen LogP contribution in [-0.2, 0) is 6.42 Å². The van der Waals surface area contributed by atoms with Crippen molar-refractivity contribution in [2.75, 3.05) is 19.6 Å². The first-order valence-corrected chi connectivity index (χ1v) is 6.57. The Balaban J connectivity index is 2.21. The SMILES string of the molecule is CCN(CC)CCC(O)Cc1cccs1. The Morgan fingerprint density at radius 1 is 1.40 bits per heavy atom. The highest BCUT2D eigenvalue weighted by atomic mass is 32.1.